The summed E-state index contributed by atoms with van der Waals surface area (Å²) < 4.78 is 43.1. The predicted molar refractivity (Wildman–Crippen MR) is 253 cm³/mol. The highest BCUT2D eigenvalue weighted by molar-refractivity contribution is 5.88. The number of carbonyl (C=O) groups is 7. The molecule has 0 bridgehead atoms. The highest BCUT2D eigenvalue weighted by Gasteiger charge is 2.20. The third-order valence-electron chi connectivity index (χ3n) is 9.42. The first-order chi connectivity index (χ1) is 33.3. The lowest BCUT2D eigenvalue weighted by Crippen LogP contribution is -2.47. The Labute approximate surface area is 407 Å². The molecule has 70 heavy (non-hydrogen) atoms. The van der Waals surface area contributed by atoms with Gasteiger partial charge in [-0.2, -0.15) is 0 Å². The van der Waals surface area contributed by atoms with Crippen LogP contribution in [0.5, 0.6) is 0 Å². The van der Waals surface area contributed by atoms with Crippen molar-refractivity contribution in [2.75, 3.05) is 65.8 Å². The van der Waals surface area contributed by atoms with Crippen LogP contribution in [0, 0.1) is 0 Å². The fourth-order valence-corrected chi connectivity index (χ4v) is 5.60. The number of nitrogens with one attached hydrogen (secondary N) is 3. The van der Waals surface area contributed by atoms with E-state index in [9.17, 15) is 43.2 Å². The summed E-state index contributed by atoms with van der Waals surface area (Å²) >= 11 is 0. The van der Waals surface area contributed by atoms with Crippen LogP contribution in [0.15, 0.2) is 67.6 Å². The average Bonchev–Trinajstić information content (AvgIpc) is 3.31. The first kappa shape index (κ1) is 61.1. The van der Waals surface area contributed by atoms with E-state index in [1.54, 1.807) is 0 Å². The van der Waals surface area contributed by atoms with Gasteiger partial charge in [0.25, 0.3) is 0 Å². The summed E-state index contributed by atoms with van der Waals surface area (Å²) in [6, 6.07) is 0. The van der Waals surface area contributed by atoms with Gasteiger partial charge in [0.2, 0.25) is 0 Å². The molecule has 0 aliphatic heterocycles. The minimum atomic E-state index is -1.09. The molecule has 0 aliphatic rings. The zero-order valence-corrected chi connectivity index (χ0v) is 41.2. The van der Waals surface area contributed by atoms with Crippen LogP contribution in [0.25, 0.3) is 0 Å². The molecule has 0 atom stereocenters. The number of ether oxygens (including phenoxy) is 7. The molecule has 0 radical (unpaired) electrons. The van der Waals surface area contributed by atoms with E-state index in [1.807, 2.05) is 0 Å². The van der Waals surface area contributed by atoms with Gasteiger partial charge in [-0.3, -0.25) is 0 Å². The molecule has 392 valence electrons. The second-order valence-electron chi connectivity index (χ2n) is 16.0. The number of esters is 4. The maximum absolute atomic E-state index is 13.7. The number of alkyl carbamates (subject to hydrolysis) is 3. The number of carbonyl (C=O) groups excluding carboxylic acids is 7. The Morgan fingerprint density at radius 2 is 0.871 bits per heavy atom. The van der Waals surface area contributed by atoms with E-state index in [1.165, 1.54) is 32.3 Å². The second kappa shape index (κ2) is 36.1. The van der Waals surface area contributed by atoms with Gasteiger partial charge in [0.1, 0.15) is 39.6 Å². The van der Waals surface area contributed by atoms with Gasteiger partial charge in [0.15, 0.2) is 6.10 Å². The van der Waals surface area contributed by atoms with E-state index in [4.69, 9.17) is 37.6 Å². The van der Waals surface area contributed by atoms with Crippen LogP contribution >= 0.6 is 0 Å². The lowest BCUT2D eigenvalue weighted by molar-refractivity contribution is -0.147. The van der Waals surface area contributed by atoms with Crippen molar-refractivity contribution in [1.82, 2.24) is 25.1 Å². The van der Waals surface area contributed by atoms with Crippen molar-refractivity contribution in [2.45, 2.75) is 124 Å². The molecule has 3 amide bonds. The van der Waals surface area contributed by atoms with Crippen LogP contribution in [0.1, 0.15) is 105 Å². The van der Waals surface area contributed by atoms with Crippen molar-refractivity contribution < 1.29 is 71.1 Å². The molecule has 0 fully saturated rings. The number of rotatable bonds is 36. The summed E-state index contributed by atoms with van der Waals surface area (Å²) in [7, 11) is 0. The lowest BCUT2D eigenvalue weighted by atomic mass is 10.2. The monoisotopic (exact) mass is 992 g/mol. The second-order valence-corrected chi connectivity index (χ2v) is 16.0. The lowest BCUT2D eigenvalue weighted by Gasteiger charge is -2.18. The highest BCUT2D eigenvalue weighted by atomic mass is 16.6. The Hall–Kier alpha value is -6.94. The maximum Gasteiger partial charge on any atom is 0.425 e. The largest absolute Gasteiger partial charge is 0.459 e. The topological polar surface area (TPSA) is 290 Å². The molecule has 1 aromatic rings. The number of unbranched alkanes of at least 4 members (excludes halogenated alkanes) is 9. The van der Waals surface area contributed by atoms with Crippen molar-refractivity contribution in [2.24, 2.45) is 4.99 Å². The van der Waals surface area contributed by atoms with Crippen LogP contribution in [0.2, 0.25) is 0 Å². The first-order valence-electron chi connectivity index (χ1n) is 23.3. The van der Waals surface area contributed by atoms with Gasteiger partial charge < -0.3 is 53.5 Å². The van der Waals surface area contributed by atoms with Crippen LogP contribution in [0.3, 0.4) is 0 Å². The number of aromatic nitrogens is 2. The molecule has 0 spiro atoms. The first-order valence-corrected chi connectivity index (χ1v) is 23.3. The molecule has 0 saturated carbocycles. The normalized spacial score (nSPS) is 10.9. The summed E-state index contributed by atoms with van der Waals surface area (Å²) in [5.41, 5.74) is 0.102. The molecule has 1 aromatic heterocycles. The van der Waals surface area contributed by atoms with Crippen LogP contribution < -0.4 is 33.1 Å². The molecule has 23 heteroatoms. The smallest absolute Gasteiger partial charge is 0.425 e. The van der Waals surface area contributed by atoms with Gasteiger partial charge in [0.05, 0.1) is 0 Å². The predicted octanol–water partition coefficient (Wildman–Crippen LogP) is 4.21. The van der Waals surface area contributed by atoms with E-state index in [0.717, 1.165) is 17.4 Å². The molecule has 0 aromatic carbocycles. The third kappa shape index (κ3) is 28.4. The molecule has 1 heterocycles. The Morgan fingerprint density at radius 3 is 1.31 bits per heavy atom. The van der Waals surface area contributed by atoms with E-state index < -0.39 is 59.7 Å². The standard InChI is InChI=1S/C47H72N6O17/c1-33(2)38(54)63-27-29-65-43(58)49-22-16-10-9-15-21-48-42-52(25-19-13-11-17-23-50-44(59)66-30-28-64-39(55)34(3)4)46(61)53(47(62)70-42)26-20-14-12-18-24-51-45(60)69-37(31-67-40(56)35(5)6)32-68-41(57)36(7)8/h37H,1,3,5,7,9-32H2,2,4,6,8H3,(H,49,58)(H,50,59)(H,51,60). The van der Waals surface area contributed by atoms with Gasteiger partial charge in [0, 0.05) is 61.6 Å². The summed E-state index contributed by atoms with van der Waals surface area (Å²) in [4.78, 5) is 114. The Morgan fingerprint density at radius 1 is 0.500 bits per heavy atom. The highest BCUT2D eigenvalue weighted by Crippen LogP contribution is 2.05. The van der Waals surface area contributed by atoms with Gasteiger partial charge in [-0.05, 0) is 66.2 Å². The van der Waals surface area contributed by atoms with Gasteiger partial charge in [-0.15, -0.1) is 0 Å². The van der Waals surface area contributed by atoms with E-state index >= 15 is 0 Å². The maximum atomic E-state index is 13.7. The van der Waals surface area contributed by atoms with Crippen molar-refractivity contribution in [3.8, 4) is 0 Å². The van der Waals surface area contributed by atoms with Gasteiger partial charge in [-0.25, -0.2) is 57.3 Å². The summed E-state index contributed by atoms with van der Waals surface area (Å²) in [5, 5.41) is 7.85. The van der Waals surface area contributed by atoms with E-state index in [0.29, 0.717) is 77.3 Å². The molecular weight excluding hydrogens is 921 g/mol. The SMILES string of the molecule is C=C(C)C(=O)OCCOC(=O)NCCCCCCN=c1oc(=O)n(CCCCCCNC(=O)OC(COC(=O)C(=C)C)COC(=O)C(=C)C)c(=O)n1CCCCCCNC(=O)OCCOC(=O)C(=C)C. The van der Waals surface area contributed by atoms with E-state index in [-0.39, 0.29) is 93.8 Å². The number of hydrogen-bond donors (Lipinski definition) is 3. The van der Waals surface area contributed by atoms with Crippen LogP contribution in [0.4, 0.5) is 14.4 Å². The Kier molecular flexibility index (Phi) is 31.5. The van der Waals surface area contributed by atoms with Crippen molar-refractivity contribution in [3.63, 3.8) is 0 Å². The van der Waals surface area contributed by atoms with Crippen LogP contribution in [-0.2, 0) is 65.4 Å². The zero-order chi connectivity index (χ0) is 52.3. The summed E-state index contributed by atoms with van der Waals surface area (Å²) in [6.07, 6.45) is 4.31. The number of nitrogens with zero attached hydrogens (tertiary/aromatic N) is 3. The summed E-state index contributed by atoms with van der Waals surface area (Å²) in [5.74, 6) is -3.39. The molecule has 0 saturated heterocycles. The number of amides is 3. The fourth-order valence-electron chi connectivity index (χ4n) is 5.60. The Balaban J connectivity index is 2.75. The van der Waals surface area contributed by atoms with Crippen molar-refractivity contribution in [3.05, 3.63) is 75.3 Å². The quantitative estimate of drug-likeness (QED) is 0.0367. The average molecular weight is 993 g/mol. The molecule has 23 nitrogen and oxygen atoms in total. The molecule has 1 rings (SSSR count). The summed E-state index contributed by atoms with van der Waals surface area (Å²) in [6.45, 7) is 20.3. The minimum Gasteiger partial charge on any atom is -0.459 e. The fraction of sp³-hybridized carbons (Fsp3) is 0.617. The zero-order valence-electron chi connectivity index (χ0n) is 41.2. The van der Waals surface area contributed by atoms with Gasteiger partial charge >= 0.3 is 59.3 Å². The Bertz CT molecular complexity index is 2090. The van der Waals surface area contributed by atoms with Crippen molar-refractivity contribution in [1.29, 1.82) is 0 Å². The van der Waals surface area contributed by atoms with Gasteiger partial charge in [-0.1, -0.05) is 64.8 Å². The number of hydrogen-bond acceptors (Lipinski definition) is 18. The minimum absolute atomic E-state index is 0.0759. The molecule has 0 aliphatic carbocycles. The molecule has 0 unspecified atom stereocenters. The van der Waals surface area contributed by atoms with Crippen molar-refractivity contribution >= 4 is 42.2 Å². The molecule has 3 N–H and O–H groups in total. The third-order valence-corrected chi connectivity index (χ3v) is 9.42. The van der Waals surface area contributed by atoms with E-state index in [2.05, 4.69) is 47.3 Å². The molecular formula is C47H72N6O17. The van der Waals surface area contributed by atoms with Crippen LogP contribution in [-0.4, -0.2) is 123 Å².